The third kappa shape index (κ3) is 7.42. The number of aliphatic imine (C=N–C) groups is 1. The second-order valence-electron chi connectivity index (χ2n) is 5.89. The van der Waals surface area contributed by atoms with E-state index < -0.39 is 0 Å². The Labute approximate surface area is 134 Å². The molecule has 0 bridgehead atoms. The molecule has 0 aromatic rings. The van der Waals surface area contributed by atoms with E-state index >= 15 is 0 Å². The fraction of sp³-hybridized carbons (Fsp3) is 0.938. The van der Waals surface area contributed by atoms with Crippen LogP contribution in [0.5, 0.6) is 0 Å². The van der Waals surface area contributed by atoms with Gasteiger partial charge in [0.25, 0.3) is 0 Å². The summed E-state index contributed by atoms with van der Waals surface area (Å²) in [6.07, 6.45) is 3.38. The highest BCUT2D eigenvalue weighted by Gasteiger charge is 2.21. The summed E-state index contributed by atoms with van der Waals surface area (Å²) in [5.74, 6) is 1.16. The molecule has 0 radical (unpaired) electrons. The van der Waals surface area contributed by atoms with Crippen LogP contribution in [0.2, 0.25) is 0 Å². The second-order valence-corrected chi connectivity index (χ2v) is 5.89. The van der Waals surface area contributed by atoms with Crippen LogP contribution in [-0.4, -0.2) is 75.2 Å². The van der Waals surface area contributed by atoms with Crippen LogP contribution < -0.4 is 5.32 Å². The summed E-state index contributed by atoms with van der Waals surface area (Å²) in [4.78, 5) is 6.93. The van der Waals surface area contributed by atoms with Gasteiger partial charge in [-0.25, -0.2) is 0 Å². The molecule has 6 heteroatoms. The first-order valence-electron chi connectivity index (χ1n) is 8.45. The zero-order valence-electron chi connectivity index (χ0n) is 14.4. The number of methoxy groups -OCH3 is 1. The number of hydrogen-bond donors (Lipinski definition) is 2. The molecule has 2 N–H and O–H groups in total. The normalized spacial score (nSPS) is 18.5. The summed E-state index contributed by atoms with van der Waals surface area (Å²) in [6.45, 7) is 9.26. The lowest BCUT2D eigenvalue weighted by atomic mass is 10.1. The first kappa shape index (κ1) is 19.2. The number of guanidine groups is 1. The molecule has 1 rings (SSSR count). The van der Waals surface area contributed by atoms with E-state index in [9.17, 15) is 0 Å². The van der Waals surface area contributed by atoms with Crippen molar-refractivity contribution in [2.45, 2.75) is 39.2 Å². The number of aliphatic hydroxyl groups is 1. The van der Waals surface area contributed by atoms with Gasteiger partial charge in [0.05, 0.1) is 6.10 Å². The van der Waals surface area contributed by atoms with Crippen LogP contribution in [0.1, 0.15) is 33.1 Å². The third-order valence-corrected chi connectivity index (χ3v) is 3.79. The third-order valence-electron chi connectivity index (χ3n) is 3.79. The van der Waals surface area contributed by atoms with Gasteiger partial charge in [-0.05, 0) is 32.1 Å². The molecule has 1 saturated heterocycles. The van der Waals surface area contributed by atoms with Crippen LogP contribution in [0.15, 0.2) is 4.99 Å². The van der Waals surface area contributed by atoms with E-state index in [1.165, 1.54) is 0 Å². The highest BCUT2D eigenvalue weighted by molar-refractivity contribution is 5.80. The second kappa shape index (κ2) is 11.7. The maximum Gasteiger partial charge on any atom is 0.193 e. The Balaban J connectivity index is 2.35. The van der Waals surface area contributed by atoms with Crippen molar-refractivity contribution in [2.24, 2.45) is 10.9 Å². The highest BCUT2D eigenvalue weighted by atomic mass is 16.5. The van der Waals surface area contributed by atoms with Crippen molar-refractivity contribution in [3.05, 3.63) is 0 Å². The maximum absolute atomic E-state index is 9.11. The predicted molar refractivity (Wildman–Crippen MR) is 89.3 cm³/mol. The summed E-state index contributed by atoms with van der Waals surface area (Å²) < 4.78 is 10.9. The number of ether oxygens (including phenoxy) is 2. The quantitative estimate of drug-likeness (QED) is 0.379. The molecule has 1 heterocycles. The number of rotatable bonds is 9. The first-order chi connectivity index (χ1) is 10.7. The molecule has 0 aromatic carbocycles. The van der Waals surface area contributed by atoms with Gasteiger partial charge in [0.1, 0.15) is 0 Å². The van der Waals surface area contributed by atoms with Crippen molar-refractivity contribution < 1.29 is 14.6 Å². The van der Waals surface area contributed by atoms with Crippen LogP contribution in [0, 0.1) is 5.92 Å². The minimum atomic E-state index is 0.181. The molecule has 6 nitrogen and oxygen atoms in total. The minimum absolute atomic E-state index is 0.181. The Kier molecular flexibility index (Phi) is 10.2. The van der Waals surface area contributed by atoms with Gasteiger partial charge in [0, 0.05) is 53.1 Å². The van der Waals surface area contributed by atoms with E-state index in [0.29, 0.717) is 12.6 Å². The van der Waals surface area contributed by atoms with E-state index in [4.69, 9.17) is 14.6 Å². The molecular weight excluding hydrogens is 282 g/mol. The van der Waals surface area contributed by atoms with Gasteiger partial charge in [-0.1, -0.05) is 6.92 Å². The monoisotopic (exact) mass is 315 g/mol. The zero-order chi connectivity index (χ0) is 16.2. The van der Waals surface area contributed by atoms with Crippen LogP contribution in [0.4, 0.5) is 0 Å². The van der Waals surface area contributed by atoms with E-state index in [0.717, 1.165) is 58.1 Å². The molecule has 1 unspecified atom stereocenters. The Morgan fingerprint density at radius 1 is 1.36 bits per heavy atom. The summed E-state index contributed by atoms with van der Waals surface area (Å²) >= 11 is 0. The molecular formula is C16H33N3O3. The average molecular weight is 315 g/mol. The molecule has 1 atom stereocenters. The highest BCUT2D eigenvalue weighted by Crippen LogP contribution is 2.14. The van der Waals surface area contributed by atoms with Crippen LogP contribution in [0.3, 0.4) is 0 Å². The molecule has 0 saturated carbocycles. The smallest absolute Gasteiger partial charge is 0.193 e. The Morgan fingerprint density at radius 2 is 2.09 bits per heavy atom. The average Bonchev–Trinajstić information content (AvgIpc) is 2.56. The Bertz CT molecular complexity index is 305. The number of piperidine rings is 1. The standard InChI is InChI=1S/C16H33N3O3/c1-4-17-16(18-12-14(2)13-20)19-8-6-15(7-9-19)22-11-5-10-21-3/h14-15,20H,4-13H2,1-3H3,(H,17,18). The van der Waals surface area contributed by atoms with Gasteiger partial charge in [0.2, 0.25) is 0 Å². The van der Waals surface area contributed by atoms with E-state index in [-0.39, 0.29) is 12.5 Å². The molecule has 0 aromatic heterocycles. The predicted octanol–water partition coefficient (Wildman–Crippen LogP) is 1.10. The van der Waals surface area contributed by atoms with Gasteiger partial charge in [0.15, 0.2) is 5.96 Å². The lowest BCUT2D eigenvalue weighted by molar-refractivity contribution is 0.00989. The Morgan fingerprint density at radius 3 is 2.68 bits per heavy atom. The molecule has 1 fully saturated rings. The maximum atomic E-state index is 9.11. The Hall–Kier alpha value is -0.850. The van der Waals surface area contributed by atoms with Crippen molar-refractivity contribution in [1.82, 2.24) is 10.2 Å². The van der Waals surface area contributed by atoms with Crippen molar-refractivity contribution in [3.63, 3.8) is 0 Å². The molecule has 130 valence electrons. The SMILES string of the molecule is CCNC(=NCC(C)CO)N1CCC(OCCCOC)CC1. The van der Waals surface area contributed by atoms with Gasteiger partial charge in [-0.15, -0.1) is 0 Å². The molecule has 0 spiro atoms. The van der Waals surface area contributed by atoms with Crippen molar-refractivity contribution in [2.75, 3.05) is 53.1 Å². The van der Waals surface area contributed by atoms with E-state index in [1.54, 1.807) is 7.11 Å². The molecule has 0 amide bonds. The van der Waals surface area contributed by atoms with Crippen molar-refractivity contribution >= 4 is 5.96 Å². The van der Waals surface area contributed by atoms with Gasteiger partial charge in [-0.2, -0.15) is 0 Å². The fourth-order valence-corrected chi connectivity index (χ4v) is 2.41. The summed E-state index contributed by atoms with van der Waals surface area (Å²) in [5, 5.41) is 12.5. The van der Waals surface area contributed by atoms with E-state index in [2.05, 4.69) is 22.1 Å². The summed E-state index contributed by atoms with van der Waals surface area (Å²) in [7, 11) is 1.72. The van der Waals surface area contributed by atoms with Gasteiger partial charge in [-0.3, -0.25) is 4.99 Å². The molecule has 22 heavy (non-hydrogen) atoms. The lowest BCUT2D eigenvalue weighted by Gasteiger charge is -2.34. The minimum Gasteiger partial charge on any atom is -0.396 e. The molecule has 1 aliphatic heterocycles. The van der Waals surface area contributed by atoms with Crippen LogP contribution >= 0.6 is 0 Å². The van der Waals surface area contributed by atoms with E-state index in [1.807, 2.05) is 6.92 Å². The van der Waals surface area contributed by atoms with Crippen LogP contribution in [-0.2, 0) is 9.47 Å². The van der Waals surface area contributed by atoms with Gasteiger partial charge >= 0.3 is 0 Å². The number of nitrogens with one attached hydrogen (secondary N) is 1. The summed E-state index contributed by atoms with van der Waals surface area (Å²) in [5.41, 5.74) is 0. The summed E-state index contributed by atoms with van der Waals surface area (Å²) in [6, 6.07) is 0. The number of aliphatic hydroxyl groups excluding tert-OH is 1. The van der Waals surface area contributed by atoms with Crippen LogP contribution in [0.25, 0.3) is 0 Å². The number of likely N-dealkylation sites (tertiary alicyclic amines) is 1. The topological polar surface area (TPSA) is 66.3 Å². The fourth-order valence-electron chi connectivity index (χ4n) is 2.41. The van der Waals surface area contributed by atoms with Crippen molar-refractivity contribution in [3.8, 4) is 0 Å². The largest absolute Gasteiger partial charge is 0.396 e. The van der Waals surface area contributed by atoms with Gasteiger partial charge < -0.3 is 24.8 Å². The number of hydrogen-bond acceptors (Lipinski definition) is 4. The molecule has 0 aliphatic carbocycles. The van der Waals surface area contributed by atoms with Crippen molar-refractivity contribution in [1.29, 1.82) is 0 Å². The zero-order valence-corrected chi connectivity index (χ0v) is 14.4. The first-order valence-corrected chi connectivity index (χ1v) is 8.45. The number of nitrogens with zero attached hydrogens (tertiary/aromatic N) is 2. The molecule has 1 aliphatic rings. The lowest BCUT2D eigenvalue weighted by Crippen LogP contribution is -2.47.